The molecule has 4 N–H and O–H groups in total. The predicted octanol–water partition coefficient (Wildman–Crippen LogP) is 0.742. The molecule has 0 heterocycles. The molecule has 0 radical (unpaired) electrons. The summed E-state index contributed by atoms with van der Waals surface area (Å²) >= 11 is 0. The van der Waals surface area contributed by atoms with Crippen molar-refractivity contribution in [3.8, 4) is 11.5 Å². The summed E-state index contributed by atoms with van der Waals surface area (Å²) in [5.41, 5.74) is 6.17. The Morgan fingerprint density at radius 1 is 1.23 bits per heavy atom. The monoisotopic (exact) mass is 309 g/mol. The lowest BCUT2D eigenvalue weighted by molar-refractivity contribution is -0.125. The molecule has 0 spiro atoms. The van der Waals surface area contributed by atoms with Crippen LogP contribution < -0.4 is 25.8 Å². The average molecular weight is 309 g/mol. The van der Waals surface area contributed by atoms with Crippen molar-refractivity contribution in [2.75, 3.05) is 26.1 Å². The molecule has 0 bridgehead atoms. The van der Waals surface area contributed by atoms with Gasteiger partial charge in [-0.05, 0) is 18.1 Å². The molecule has 0 unspecified atom stereocenters. The van der Waals surface area contributed by atoms with Gasteiger partial charge in [-0.3, -0.25) is 9.59 Å². The smallest absolute Gasteiger partial charge is 0.243 e. The van der Waals surface area contributed by atoms with Crippen molar-refractivity contribution in [1.82, 2.24) is 5.32 Å². The number of methoxy groups -OCH3 is 2. The van der Waals surface area contributed by atoms with Gasteiger partial charge in [0.2, 0.25) is 11.8 Å². The van der Waals surface area contributed by atoms with E-state index >= 15 is 0 Å². The maximum Gasteiger partial charge on any atom is 0.243 e. The number of carbonyl (C=O) groups excluding carboxylic acids is 2. The fraction of sp³-hybridized carbons (Fsp3) is 0.467. The van der Waals surface area contributed by atoms with Gasteiger partial charge < -0.3 is 25.8 Å². The average Bonchev–Trinajstić information content (AvgIpc) is 2.51. The van der Waals surface area contributed by atoms with Gasteiger partial charge in [0.25, 0.3) is 0 Å². The number of benzene rings is 1. The van der Waals surface area contributed by atoms with Crippen LogP contribution in [-0.2, 0) is 9.59 Å². The van der Waals surface area contributed by atoms with Crippen molar-refractivity contribution in [2.24, 2.45) is 11.7 Å². The maximum atomic E-state index is 11.9. The molecule has 0 aliphatic heterocycles. The van der Waals surface area contributed by atoms with E-state index in [1.165, 1.54) is 14.2 Å². The number of hydrogen-bond donors (Lipinski definition) is 3. The van der Waals surface area contributed by atoms with E-state index in [4.69, 9.17) is 15.2 Å². The molecule has 1 rings (SSSR count). The van der Waals surface area contributed by atoms with E-state index in [2.05, 4.69) is 10.6 Å². The lowest BCUT2D eigenvalue weighted by Gasteiger charge is -2.16. The molecule has 22 heavy (non-hydrogen) atoms. The first-order chi connectivity index (χ1) is 10.4. The summed E-state index contributed by atoms with van der Waals surface area (Å²) in [6, 6.07) is 4.40. The molecular weight excluding hydrogens is 286 g/mol. The van der Waals surface area contributed by atoms with Gasteiger partial charge in [-0.15, -0.1) is 0 Å². The topological polar surface area (TPSA) is 103 Å². The number of amides is 2. The molecule has 0 aliphatic carbocycles. The van der Waals surface area contributed by atoms with Crippen molar-refractivity contribution < 1.29 is 19.1 Å². The van der Waals surface area contributed by atoms with Crippen LogP contribution in [0.25, 0.3) is 0 Å². The Labute approximate surface area is 130 Å². The zero-order chi connectivity index (χ0) is 16.7. The van der Waals surface area contributed by atoms with Crippen LogP contribution in [0.4, 0.5) is 5.69 Å². The number of hydrogen-bond acceptors (Lipinski definition) is 5. The van der Waals surface area contributed by atoms with E-state index in [1.807, 2.05) is 13.8 Å². The van der Waals surface area contributed by atoms with Crippen molar-refractivity contribution in [1.29, 1.82) is 0 Å². The molecule has 0 saturated heterocycles. The summed E-state index contributed by atoms with van der Waals surface area (Å²) in [6.45, 7) is 3.51. The number of nitrogens with two attached hydrogens (primary N) is 1. The third-order valence-corrected chi connectivity index (χ3v) is 3.12. The molecule has 7 heteroatoms. The zero-order valence-corrected chi connectivity index (χ0v) is 13.3. The Bertz CT molecular complexity index is 532. The first-order valence-corrected chi connectivity index (χ1v) is 6.94. The molecular formula is C15H23N3O4. The first-order valence-electron chi connectivity index (χ1n) is 6.94. The highest BCUT2D eigenvalue weighted by Crippen LogP contribution is 2.28. The third-order valence-electron chi connectivity index (χ3n) is 3.12. The highest BCUT2D eigenvalue weighted by Gasteiger charge is 2.18. The maximum absolute atomic E-state index is 11.9. The van der Waals surface area contributed by atoms with Gasteiger partial charge >= 0.3 is 0 Å². The van der Waals surface area contributed by atoms with E-state index in [-0.39, 0.29) is 24.3 Å². The van der Waals surface area contributed by atoms with Crippen LogP contribution in [0, 0.1) is 5.92 Å². The first kappa shape index (κ1) is 17.8. The number of anilines is 1. The number of carbonyl (C=O) groups is 2. The van der Waals surface area contributed by atoms with E-state index in [0.717, 1.165) is 0 Å². The molecule has 1 atom stereocenters. The second-order valence-corrected chi connectivity index (χ2v) is 5.10. The minimum Gasteiger partial charge on any atom is -0.497 e. The standard InChI is InChI=1S/C15H23N3O4/c1-9(2)14(16)15(20)17-8-13(19)18-11-7-10(21-3)5-6-12(11)22-4/h5-7,9,14H,8,16H2,1-4H3,(H,17,20)(H,18,19)/t14-/m0/s1. The lowest BCUT2D eigenvalue weighted by atomic mass is 10.1. The Kier molecular flexibility index (Phi) is 6.65. The van der Waals surface area contributed by atoms with Crippen LogP contribution in [-0.4, -0.2) is 38.6 Å². The third kappa shape index (κ3) is 4.92. The second-order valence-electron chi connectivity index (χ2n) is 5.10. The number of ether oxygens (including phenoxy) is 2. The van der Waals surface area contributed by atoms with Crippen LogP contribution in [0.1, 0.15) is 13.8 Å². The van der Waals surface area contributed by atoms with E-state index in [1.54, 1.807) is 18.2 Å². The molecule has 0 fully saturated rings. The van der Waals surface area contributed by atoms with Crippen LogP contribution in [0.15, 0.2) is 18.2 Å². The lowest BCUT2D eigenvalue weighted by Crippen LogP contribution is -2.46. The molecule has 2 amide bonds. The largest absolute Gasteiger partial charge is 0.497 e. The van der Waals surface area contributed by atoms with Gasteiger partial charge in [-0.25, -0.2) is 0 Å². The van der Waals surface area contributed by atoms with Gasteiger partial charge in [0.05, 0.1) is 32.5 Å². The normalized spacial score (nSPS) is 11.7. The van der Waals surface area contributed by atoms with Gasteiger partial charge in [-0.1, -0.05) is 13.8 Å². The molecule has 7 nitrogen and oxygen atoms in total. The Morgan fingerprint density at radius 2 is 1.91 bits per heavy atom. The summed E-state index contributed by atoms with van der Waals surface area (Å²) in [5, 5.41) is 5.16. The molecule has 0 aliphatic rings. The highest BCUT2D eigenvalue weighted by atomic mass is 16.5. The fourth-order valence-electron chi connectivity index (χ4n) is 1.69. The Morgan fingerprint density at radius 3 is 2.45 bits per heavy atom. The van der Waals surface area contributed by atoms with Crippen LogP contribution in [0.3, 0.4) is 0 Å². The molecule has 0 saturated carbocycles. The van der Waals surface area contributed by atoms with Crippen molar-refractivity contribution in [3.05, 3.63) is 18.2 Å². The van der Waals surface area contributed by atoms with Crippen molar-refractivity contribution in [2.45, 2.75) is 19.9 Å². The quantitative estimate of drug-likeness (QED) is 0.689. The van der Waals surface area contributed by atoms with E-state index < -0.39 is 6.04 Å². The Balaban J connectivity index is 2.63. The van der Waals surface area contributed by atoms with Crippen molar-refractivity contribution >= 4 is 17.5 Å². The highest BCUT2D eigenvalue weighted by molar-refractivity contribution is 5.96. The second kappa shape index (κ2) is 8.23. The minimum atomic E-state index is -0.640. The van der Waals surface area contributed by atoms with Crippen LogP contribution >= 0.6 is 0 Å². The number of rotatable bonds is 7. The van der Waals surface area contributed by atoms with Crippen LogP contribution in [0.2, 0.25) is 0 Å². The predicted molar refractivity (Wildman–Crippen MR) is 84.0 cm³/mol. The van der Waals surface area contributed by atoms with Gasteiger partial charge in [-0.2, -0.15) is 0 Å². The number of nitrogens with one attached hydrogen (secondary N) is 2. The van der Waals surface area contributed by atoms with E-state index in [9.17, 15) is 9.59 Å². The van der Waals surface area contributed by atoms with E-state index in [0.29, 0.717) is 17.2 Å². The zero-order valence-electron chi connectivity index (χ0n) is 13.3. The minimum absolute atomic E-state index is 0.00143. The molecule has 122 valence electrons. The van der Waals surface area contributed by atoms with Crippen molar-refractivity contribution in [3.63, 3.8) is 0 Å². The summed E-state index contributed by atoms with van der Waals surface area (Å²) in [4.78, 5) is 23.6. The summed E-state index contributed by atoms with van der Waals surface area (Å²) in [7, 11) is 3.03. The Hall–Kier alpha value is -2.28. The van der Waals surface area contributed by atoms with Crippen LogP contribution in [0.5, 0.6) is 11.5 Å². The summed E-state index contributed by atoms with van der Waals surface area (Å²) < 4.78 is 10.3. The molecule has 1 aromatic carbocycles. The molecule has 1 aromatic rings. The molecule has 0 aromatic heterocycles. The van der Waals surface area contributed by atoms with Gasteiger partial charge in [0.1, 0.15) is 11.5 Å². The summed E-state index contributed by atoms with van der Waals surface area (Å²) in [6.07, 6.45) is 0. The van der Waals surface area contributed by atoms with Gasteiger partial charge in [0.15, 0.2) is 0 Å². The summed E-state index contributed by atoms with van der Waals surface area (Å²) in [5.74, 6) is 0.349. The fourth-order valence-corrected chi connectivity index (χ4v) is 1.69. The SMILES string of the molecule is COc1ccc(OC)c(NC(=O)CNC(=O)[C@@H](N)C(C)C)c1. The van der Waals surface area contributed by atoms with Gasteiger partial charge in [0, 0.05) is 6.07 Å².